The molecule has 0 amide bonds. The third-order valence-electron chi connectivity index (χ3n) is 4.77. The number of hydrogen-bond donors (Lipinski definition) is 1. The Kier molecular flexibility index (Phi) is 4.57. The summed E-state index contributed by atoms with van der Waals surface area (Å²) in [5.74, 6) is -0.232. The van der Waals surface area contributed by atoms with E-state index in [0.717, 1.165) is 38.8 Å². The molecular weight excluding hydrogens is 267 g/mol. The summed E-state index contributed by atoms with van der Waals surface area (Å²) in [5, 5.41) is 10.2. The largest absolute Gasteiger partial charge is 0.388 e. The standard InChI is InChI=1S/C17H25FN2O/c1-13-2-3-14(12-16(13)18)17(21)6-7-19-8-10-20(11-9-19)15-4-5-15/h2-3,12,15,17,21H,4-11H2,1H3. The van der Waals surface area contributed by atoms with Gasteiger partial charge in [0.2, 0.25) is 0 Å². The van der Waals surface area contributed by atoms with Gasteiger partial charge in [0.25, 0.3) is 0 Å². The molecule has 2 aliphatic rings. The number of aryl methyl sites for hydroxylation is 1. The number of hydrogen-bond acceptors (Lipinski definition) is 3. The predicted molar refractivity (Wildman–Crippen MR) is 81.7 cm³/mol. The van der Waals surface area contributed by atoms with E-state index in [9.17, 15) is 9.50 Å². The predicted octanol–water partition coefficient (Wildman–Crippen LogP) is 2.34. The third-order valence-corrected chi connectivity index (χ3v) is 4.77. The smallest absolute Gasteiger partial charge is 0.126 e. The molecule has 1 N–H and O–H groups in total. The van der Waals surface area contributed by atoms with Crippen molar-refractivity contribution in [2.24, 2.45) is 0 Å². The zero-order chi connectivity index (χ0) is 14.8. The van der Waals surface area contributed by atoms with Crippen LogP contribution in [0.25, 0.3) is 0 Å². The third kappa shape index (κ3) is 3.82. The van der Waals surface area contributed by atoms with Crippen LogP contribution in [-0.4, -0.2) is 53.7 Å². The lowest BCUT2D eigenvalue weighted by atomic mass is 10.0. The van der Waals surface area contributed by atoms with Crippen LogP contribution in [0.1, 0.15) is 36.5 Å². The molecule has 0 spiro atoms. The highest BCUT2D eigenvalue weighted by molar-refractivity contribution is 5.24. The normalized spacial score (nSPS) is 22.4. The Bertz CT molecular complexity index is 482. The summed E-state index contributed by atoms with van der Waals surface area (Å²) in [6.07, 6.45) is 2.85. The summed E-state index contributed by atoms with van der Waals surface area (Å²) < 4.78 is 13.5. The van der Waals surface area contributed by atoms with Crippen molar-refractivity contribution in [1.29, 1.82) is 0 Å². The highest BCUT2D eigenvalue weighted by Crippen LogP contribution is 2.27. The van der Waals surface area contributed by atoms with Crippen LogP contribution in [0.3, 0.4) is 0 Å². The van der Waals surface area contributed by atoms with Crippen molar-refractivity contribution in [3.05, 3.63) is 35.1 Å². The fraction of sp³-hybridized carbons (Fsp3) is 0.647. The van der Waals surface area contributed by atoms with Crippen molar-refractivity contribution in [3.8, 4) is 0 Å². The molecule has 0 radical (unpaired) electrons. The lowest BCUT2D eigenvalue weighted by Crippen LogP contribution is -2.47. The maximum absolute atomic E-state index is 13.5. The topological polar surface area (TPSA) is 26.7 Å². The van der Waals surface area contributed by atoms with Gasteiger partial charge in [-0.05, 0) is 43.4 Å². The summed E-state index contributed by atoms with van der Waals surface area (Å²) in [7, 11) is 0. The van der Waals surface area contributed by atoms with Crippen LogP contribution in [0.15, 0.2) is 18.2 Å². The lowest BCUT2D eigenvalue weighted by molar-refractivity contribution is 0.0989. The Balaban J connectivity index is 1.45. The molecule has 1 atom stereocenters. The molecule has 1 aromatic carbocycles. The zero-order valence-corrected chi connectivity index (χ0v) is 12.8. The molecule has 0 aromatic heterocycles. The second kappa shape index (κ2) is 6.42. The van der Waals surface area contributed by atoms with Gasteiger partial charge in [-0.1, -0.05) is 12.1 Å². The number of piperazine rings is 1. The fourth-order valence-electron chi connectivity index (χ4n) is 3.08. The van der Waals surface area contributed by atoms with Gasteiger partial charge in [0.15, 0.2) is 0 Å². The number of rotatable bonds is 5. The van der Waals surface area contributed by atoms with Crippen LogP contribution in [0.2, 0.25) is 0 Å². The van der Waals surface area contributed by atoms with Crippen LogP contribution in [0, 0.1) is 12.7 Å². The maximum atomic E-state index is 13.5. The Labute approximate surface area is 126 Å². The molecule has 116 valence electrons. The van der Waals surface area contributed by atoms with Gasteiger partial charge in [-0.2, -0.15) is 0 Å². The summed E-state index contributed by atoms with van der Waals surface area (Å²) in [6, 6.07) is 5.88. The molecule has 4 heteroatoms. The second-order valence-electron chi connectivity index (χ2n) is 6.42. The molecule has 1 aromatic rings. The maximum Gasteiger partial charge on any atom is 0.126 e. The SMILES string of the molecule is Cc1ccc(C(O)CCN2CCN(C3CC3)CC2)cc1F. The first kappa shape index (κ1) is 14.9. The van der Waals surface area contributed by atoms with Gasteiger partial charge in [-0.3, -0.25) is 4.90 Å². The summed E-state index contributed by atoms with van der Waals surface area (Å²) in [6.45, 7) is 7.11. The van der Waals surface area contributed by atoms with Gasteiger partial charge < -0.3 is 10.0 Å². The highest BCUT2D eigenvalue weighted by atomic mass is 19.1. The fourth-order valence-corrected chi connectivity index (χ4v) is 3.08. The average Bonchev–Trinajstić information content (AvgIpc) is 3.33. The zero-order valence-electron chi connectivity index (χ0n) is 12.8. The van der Waals surface area contributed by atoms with Crippen LogP contribution in [0.4, 0.5) is 4.39 Å². The van der Waals surface area contributed by atoms with Gasteiger partial charge in [0.1, 0.15) is 5.82 Å². The van der Waals surface area contributed by atoms with Crippen molar-refractivity contribution in [2.75, 3.05) is 32.7 Å². The summed E-state index contributed by atoms with van der Waals surface area (Å²) in [4.78, 5) is 4.99. The molecule has 21 heavy (non-hydrogen) atoms. The van der Waals surface area contributed by atoms with Crippen LogP contribution < -0.4 is 0 Å². The van der Waals surface area contributed by atoms with E-state index in [0.29, 0.717) is 17.5 Å². The van der Waals surface area contributed by atoms with E-state index in [-0.39, 0.29) is 5.82 Å². The minimum absolute atomic E-state index is 0.232. The molecule has 3 nitrogen and oxygen atoms in total. The first-order valence-corrected chi connectivity index (χ1v) is 8.04. The van der Waals surface area contributed by atoms with E-state index in [2.05, 4.69) is 9.80 Å². The van der Waals surface area contributed by atoms with E-state index < -0.39 is 6.10 Å². The number of aliphatic hydroxyl groups is 1. The van der Waals surface area contributed by atoms with Crippen LogP contribution in [0.5, 0.6) is 0 Å². The Morgan fingerprint density at radius 3 is 2.57 bits per heavy atom. The lowest BCUT2D eigenvalue weighted by Gasteiger charge is -2.35. The van der Waals surface area contributed by atoms with Crippen LogP contribution in [-0.2, 0) is 0 Å². The van der Waals surface area contributed by atoms with Crippen LogP contribution >= 0.6 is 0 Å². The van der Waals surface area contributed by atoms with E-state index in [1.807, 2.05) is 6.07 Å². The van der Waals surface area contributed by atoms with Crippen molar-refractivity contribution >= 4 is 0 Å². The summed E-state index contributed by atoms with van der Waals surface area (Å²) in [5.41, 5.74) is 1.32. The number of nitrogens with zero attached hydrogens (tertiary/aromatic N) is 2. The number of aliphatic hydroxyl groups excluding tert-OH is 1. The Morgan fingerprint density at radius 2 is 1.95 bits per heavy atom. The van der Waals surface area contributed by atoms with Gasteiger partial charge in [0.05, 0.1) is 6.10 Å². The minimum Gasteiger partial charge on any atom is -0.388 e. The van der Waals surface area contributed by atoms with E-state index in [1.54, 1.807) is 13.0 Å². The molecule has 1 aliphatic carbocycles. The van der Waals surface area contributed by atoms with Crippen molar-refractivity contribution < 1.29 is 9.50 Å². The number of halogens is 1. The Morgan fingerprint density at radius 1 is 1.24 bits per heavy atom. The molecule has 1 saturated heterocycles. The van der Waals surface area contributed by atoms with Crippen molar-refractivity contribution in [2.45, 2.75) is 38.3 Å². The van der Waals surface area contributed by atoms with Gasteiger partial charge in [-0.15, -0.1) is 0 Å². The van der Waals surface area contributed by atoms with Gasteiger partial charge in [-0.25, -0.2) is 4.39 Å². The number of benzene rings is 1. The average molecular weight is 292 g/mol. The Hall–Kier alpha value is -0.970. The molecule has 1 aliphatic heterocycles. The molecule has 1 unspecified atom stereocenters. The molecule has 1 heterocycles. The first-order valence-electron chi connectivity index (χ1n) is 8.04. The minimum atomic E-state index is -0.568. The quantitative estimate of drug-likeness (QED) is 0.902. The second-order valence-corrected chi connectivity index (χ2v) is 6.42. The van der Waals surface area contributed by atoms with Crippen molar-refractivity contribution in [1.82, 2.24) is 9.80 Å². The molecular formula is C17H25FN2O. The van der Waals surface area contributed by atoms with E-state index >= 15 is 0 Å². The first-order chi connectivity index (χ1) is 10.1. The molecule has 0 bridgehead atoms. The van der Waals surface area contributed by atoms with E-state index in [4.69, 9.17) is 0 Å². The molecule has 1 saturated carbocycles. The monoisotopic (exact) mass is 292 g/mol. The summed E-state index contributed by atoms with van der Waals surface area (Å²) >= 11 is 0. The van der Waals surface area contributed by atoms with Gasteiger partial charge >= 0.3 is 0 Å². The van der Waals surface area contributed by atoms with Crippen molar-refractivity contribution in [3.63, 3.8) is 0 Å². The molecule has 2 fully saturated rings. The van der Waals surface area contributed by atoms with Gasteiger partial charge in [0, 0.05) is 38.8 Å². The highest BCUT2D eigenvalue weighted by Gasteiger charge is 2.31. The molecule has 3 rings (SSSR count). The van der Waals surface area contributed by atoms with E-state index in [1.165, 1.54) is 18.9 Å².